The van der Waals surface area contributed by atoms with E-state index in [1.807, 2.05) is 0 Å². The molecule has 0 atom stereocenters. The molecule has 0 aliphatic heterocycles. The van der Waals surface area contributed by atoms with Crippen molar-refractivity contribution in [3.8, 4) is 0 Å². The number of hydrogen-bond donors (Lipinski definition) is 2. The second-order valence-electron chi connectivity index (χ2n) is 1.57. The molecule has 0 aromatic heterocycles. The predicted molar refractivity (Wildman–Crippen MR) is 33.9 cm³/mol. The first-order chi connectivity index (χ1) is 4.17. The van der Waals surface area contributed by atoms with Crippen LogP contribution in [-0.2, 0) is 9.63 Å². The SMILES string of the molecule is C=C(F)S(=O)(O)(O)C(=C)F. The zero-order chi connectivity index (χ0) is 8.60. The fourth-order valence-corrected chi connectivity index (χ4v) is 0.360. The van der Waals surface area contributed by atoms with Gasteiger partial charge in [-0.25, -0.2) is 4.21 Å². The highest BCUT2D eigenvalue weighted by Crippen LogP contribution is 2.34. The first-order valence-electron chi connectivity index (χ1n) is 2.03. The van der Waals surface area contributed by atoms with Crippen molar-refractivity contribution in [1.82, 2.24) is 0 Å². The Hall–Kier alpha value is -0.590. The molecule has 0 aliphatic carbocycles. The van der Waals surface area contributed by atoms with Crippen LogP contribution in [0.1, 0.15) is 0 Å². The van der Waals surface area contributed by atoms with E-state index < -0.39 is 19.9 Å². The lowest BCUT2D eigenvalue weighted by Gasteiger charge is -2.24. The average Bonchev–Trinajstić information content (AvgIpc) is 1.63. The molecule has 0 saturated carbocycles. The van der Waals surface area contributed by atoms with E-state index in [0.717, 1.165) is 0 Å². The molecule has 6 heteroatoms. The minimum Gasteiger partial charge on any atom is -0.298 e. The highest BCUT2D eigenvalue weighted by atomic mass is 32.3. The molecule has 0 bridgehead atoms. The van der Waals surface area contributed by atoms with E-state index in [9.17, 15) is 13.0 Å². The zero-order valence-electron chi connectivity index (χ0n) is 4.88. The van der Waals surface area contributed by atoms with Crippen molar-refractivity contribution >= 4 is 9.63 Å². The third-order valence-corrected chi connectivity index (χ3v) is 2.40. The van der Waals surface area contributed by atoms with Crippen molar-refractivity contribution in [2.45, 2.75) is 0 Å². The first kappa shape index (κ1) is 9.41. The van der Waals surface area contributed by atoms with Crippen LogP contribution in [0.5, 0.6) is 0 Å². The van der Waals surface area contributed by atoms with Gasteiger partial charge >= 0.3 is 0 Å². The van der Waals surface area contributed by atoms with Gasteiger partial charge in [0.1, 0.15) is 0 Å². The molecule has 0 aromatic carbocycles. The summed E-state index contributed by atoms with van der Waals surface area (Å²) in [7, 11) is -6.05. The lowest BCUT2D eigenvalue weighted by atomic mass is 11.2. The van der Waals surface area contributed by atoms with E-state index in [-0.39, 0.29) is 0 Å². The Morgan fingerprint density at radius 1 is 1.20 bits per heavy atom. The lowest BCUT2D eigenvalue weighted by molar-refractivity contribution is 0.379. The molecule has 0 amide bonds. The lowest BCUT2D eigenvalue weighted by Crippen LogP contribution is -2.30. The van der Waals surface area contributed by atoms with Crippen LogP contribution in [0.4, 0.5) is 8.78 Å². The molecule has 0 rings (SSSR count). The summed E-state index contributed by atoms with van der Waals surface area (Å²) in [4.78, 5) is 0. The molecular weight excluding hydrogens is 166 g/mol. The fourth-order valence-electron chi connectivity index (χ4n) is 0.120. The molecule has 0 heterocycles. The largest absolute Gasteiger partial charge is 0.298 e. The first-order valence-corrected chi connectivity index (χ1v) is 3.91. The molecule has 0 aliphatic rings. The minimum absolute atomic E-state index is 2.05. The molecule has 3 nitrogen and oxygen atoms in total. The van der Waals surface area contributed by atoms with Crippen molar-refractivity contribution in [3.63, 3.8) is 0 Å². The quantitative estimate of drug-likeness (QED) is 0.665. The molecule has 0 radical (unpaired) electrons. The number of halogens is 2. The van der Waals surface area contributed by atoms with Crippen LogP contribution in [-0.4, -0.2) is 13.3 Å². The van der Waals surface area contributed by atoms with Gasteiger partial charge in [-0.2, -0.15) is 8.78 Å². The molecule has 0 unspecified atom stereocenters. The van der Waals surface area contributed by atoms with Gasteiger partial charge in [0.25, 0.3) is 0 Å². The Morgan fingerprint density at radius 2 is 1.40 bits per heavy atom. The Kier molecular flexibility index (Phi) is 1.83. The molecular formula is C4H6F2O3S. The summed E-state index contributed by atoms with van der Waals surface area (Å²) in [6.07, 6.45) is 0. The van der Waals surface area contributed by atoms with E-state index in [1.165, 1.54) is 0 Å². The van der Waals surface area contributed by atoms with E-state index >= 15 is 0 Å². The maximum atomic E-state index is 11.9. The van der Waals surface area contributed by atoms with Crippen LogP contribution in [0.3, 0.4) is 0 Å². The molecule has 0 fully saturated rings. The van der Waals surface area contributed by atoms with Gasteiger partial charge in [0.15, 0.2) is 9.63 Å². The van der Waals surface area contributed by atoms with Crippen LogP contribution >= 0.6 is 0 Å². The molecule has 2 N–H and O–H groups in total. The van der Waals surface area contributed by atoms with Crippen LogP contribution in [0.25, 0.3) is 0 Å². The van der Waals surface area contributed by atoms with Gasteiger partial charge in [-0.15, -0.1) is 0 Å². The third kappa shape index (κ3) is 1.28. The molecule has 0 spiro atoms. The Labute approximate surface area is 56.1 Å². The van der Waals surface area contributed by atoms with Crippen LogP contribution < -0.4 is 0 Å². The Morgan fingerprint density at radius 3 is 1.40 bits per heavy atom. The molecule has 10 heavy (non-hydrogen) atoms. The molecule has 60 valence electrons. The van der Waals surface area contributed by atoms with Crippen molar-refractivity contribution in [2.75, 3.05) is 0 Å². The van der Waals surface area contributed by atoms with E-state index in [1.54, 1.807) is 0 Å². The van der Waals surface area contributed by atoms with Crippen LogP contribution in [0.2, 0.25) is 0 Å². The second-order valence-corrected chi connectivity index (χ2v) is 4.19. The zero-order valence-corrected chi connectivity index (χ0v) is 5.70. The number of hydrogen-bond acceptors (Lipinski definition) is 1. The van der Waals surface area contributed by atoms with Crippen LogP contribution in [0, 0.1) is 0 Å². The summed E-state index contributed by atoms with van der Waals surface area (Å²) < 4.78 is 50.6. The van der Waals surface area contributed by atoms with Gasteiger partial charge in [0.2, 0.25) is 10.3 Å². The summed E-state index contributed by atoms with van der Waals surface area (Å²) in [5.41, 5.74) is 0. The van der Waals surface area contributed by atoms with Crippen molar-refractivity contribution in [1.29, 1.82) is 0 Å². The van der Waals surface area contributed by atoms with Crippen LogP contribution in [0.15, 0.2) is 23.5 Å². The molecule has 0 saturated heterocycles. The average molecular weight is 172 g/mol. The topological polar surface area (TPSA) is 57.5 Å². The minimum atomic E-state index is -6.05. The fraction of sp³-hybridized carbons (Fsp3) is 0. The van der Waals surface area contributed by atoms with Gasteiger partial charge in [-0.3, -0.25) is 9.11 Å². The van der Waals surface area contributed by atoms with E-state index in [4.69, 9.17) is 9.11 Å². The maximum absolute atomic E-state index is 11.9. The van der Waals surface area contributed by atoms with Gasteiger partial charge in [0.05, 0.1) is 0 Å². The van der Waals surface area contributed by atoms with Crippen molar-refractivity contribution in [3.05, 3.63) is 23.5 Å². The smallest absolute Gasteiger partial charge is 0.210 e. The van der Waals surface area contributed by atoms with Gasteiger partial charge < -0.3 is 0 Å². The molecule has 0 aromatic rings. The predicted octanol–water partition coefficient (Wildman–Crippen LogP) is 1.63. The summed E-state index contributed by atoms with van der Waals surface area (Å²) in [5, 5.41) is -4.10. The number of rotatable bonds is 2. The second kappa shape index (κ2) is 1.94. The summed E-state index contributed by atoms with van der Waals surface area (Å²) >= 11 is 0. The van der Waals surface area contributed by atoms with Gasteiger partial charge in [-0.1, -0.05) is 13.2 Å². The van der Waals surface area contributed by atoms with Crippen molar-refractivity contribution in [2.24, 2.45) is 0 Å². The van der Waals surface area contributed by atoms with E-state index in [0.29, 0.717) is 0 Å². The third-order valence-electron chi connectivity index (χ3n) is 0.799. The summed E-state index contributed by atoms with van der Waals surface area (Å²) in [6, 6.07) is 0. The summed E-state index contributed by atoms with van der Waals surface area (Å²) in [6.45, 7) is 4.58. The van der Waals surface area contributed by atoms with Crippen molar-refractivity contribution < 1.29 is 22.1 Å². The summed E-state index contributed by atoms with van der Waals surface area (Å²) in [5.74, 6) is 0. The van der Waals surface area contributed by atoms with E-state index in [2.05, 4.69) is 13.2 Å². The Bertz CT molecular complexity index is 231. The highest BCUT2D eigenvalue weighted by Gasteiger charge is 2.39. The van der Waals surface area contributed by atoms with Gasteiger partial charge in [-0.05, 0) is 0 Å². The standard InChI is InChI=1S/C4H6F2O3S/c1-3(5)10(7,8,9)4(2)6/h1-2H2,(H2,7,8,9). The normalized spacial score (nSPS) is 15.4. The van der Waals surface area contributed by atoms with Gasteiger partial charge in [0, 0.05) is 0 Å². The highest BCUT2D eigenvalue weighted by molar-refractivity contribution is 8.16. The monoisotopic (exact) mass is 172 g/mol. The Balaban J connectivity index is 5.20. The maximum Gasteiger partial charge on any atom is 0.210 e.